The largest absolute Gasteiger partial charge is 0.496 e. The van der Waals surface area contributed by atoms with Crippen LogP contribution >= 0.6 is 0 Å². The minimum absolute atomic E-state index is 0.150. The molecule has 1 aliphatic rings. The number of carboxylic acid groups (broad SMARTS) is 1. The van der Waals surface area contributed by atoms with Crippen molar-refractivity contribution in [2.24, 2.45) is 5.92 Å². The highest BCUT2D eigenvalue weighted by molar-refractivity contribution is 5.70. The lowest BCUT2D eigenvalue weighted by atomic mass is 9.85. The van der Waals surface area contributed by atoms with Crippen LogP contribution in [0.1, 0.15) is 49.8 Å². The smallest absolute Gasteiger partial charge is 0.306 e. The summed E-state index contributed by atoms with van der Waals surface area (Å²) in [5.41, 5.74) is 2.33. The van der Waals surface area contributed by atoms with Crippen LogP contribution in [-0.2, 0) is 4.79 Å². The summed E-state index contributed by atoms with van der Waals surface area (Å²) in [6.07, 6.45) is 3.54. The van der Waals surface area contributed by atoms with Gasteiger partial charge in [-0.25, -0.2) is 0 Å². The Balaban J connectivity index is 2.05. The van der Waals surface area contributed by atoms with Crippen molar-refractivity contribution in [3.63, 3.8) is 0 Å². The molecule has 0 aliphatic heterocycles. The monoisotopic (exact) mass is 291 g/mol. The topological polar surface area (TPSA) is 58.6 Å². The molecule has 4 nitrogen and oxygen atoms in total. The van der Waals surface area contributed by atoms with Crippen molar-refractivity contribution in [2.75, 3.05) is 7.11 Å². The van der Waals surface area contributed by atoms with E-state index in [0.29, 0.717) is 6.42 Å². The molecule has 0 spiro atoms. The van der Waals surface area contributed by atoms with Crippen LogP contribution in [0.15, 0.2) is 18.2 Å². The van der Waals surface area contributed by atoms with Crippen molar-refractivity contribution in [2.45, 2.75) is 51.6 Å². The van der Waals surface area contributed by atoms with Gasteiger partial charge in [-0.1, -0.05) is 24.1 Å². The van der Waals surface area contributed by atoms with Crippen LogP contribution in [0.25, 0.3) is 0 Å². The number of carboxylic acids is 1. The van der Waals surface area contributed by atoms with E-state index >= 15 is 0 Å². The van der Waals surface area contributed by atoms with Gasteiger partial charge in [-0.15, -0.1) is 0 Å². The predicted molar refractivity (Wildman–Crippen MR) is 82.7 cm³/mol. The van der Waals surface area contributed by atoms with Gasteiger partial charge < -0.3 is 15.2 Å². The first-order chi connectivity index (χ1) is 10.0. The summed E-state index contributed by atoms with van der Waals surface area (Å²) in [5, 5.41) is 12.8. The zero-order chi connectivity index (χ0) is 15.4. The molecule has 1 saturated carbocycles. The normalized spacial score (nSPS) is 23.6. The van der Waals surface area contributed by atoms with Gasteiger partial charge in [0.15, 0.2) is 0 Å². The molecule has 0 amide bonds. The van der Waals surface area contributed by atoms with Crippen LogP contribution in [0, 0.1) is 12.8 Å². The maximum atomic E-state index is 11.2. The quantitative estimate of drug-likeness (QED) is 0.874. The van der Waals surface area contributed by atoms with Gasteiger partial charge in [0, 0.05) is 17.6 Å². The maximum Gasteiger partial charge on any atom is 0.306 e. The van der Waals surface area contributed by atoms with Crippen molar-refractivity contribution in [1.29, 1.82) is 0 Å². The fourth-order valence-corrected chi connectivity index (χ4v) is 3.20. The summed E-state index contributed by atoms with van der Waals surface area (Å²) >= 11 is 0. The Morgan fingerprint density at radius 3 is 2.86 bits per heavy atom. The van der Waals surface area contributed by atoms with Crippen LogP contribution in [0.3, 0.4) is 0 Å². The fraction of sp³-hybridized carbons (Fsp3) is 0.588. The zero-order valence-corrected chi connectivity index (χ0v) is 13.1. The number of methoxy groups -OCH3 is 1. The summed E-state index contributed by atoms with van der Waals surface area (Å²) in [5.74, 6) is 0.0105. The standard InChI is InChI=1S/C17H25NO3/c1-11-7-8-16(21-3)15(9-11)12(2)18-14-6-4-5-13(10-14)17(19)20/h7-9,12-14,18H,4-6,10H2,1-3H3,(H,19,20). The van der Waals surface area contributed by atoms with Gasteiger partial charge in [-0.3, -0.25) is 4.79 Å². The number of rotatable bonds is 5. The Morgan fingerprint density at radius 2 is 2.19 bits per heavy atom. The lowest BCUT2D eigenvalue weighted by Gasteiger charge is -2.30. The molecule has 0 radical (unpaired) electrons. The maximum absolute atomic E-state index is 11.2. The molecule has 0 bridgehead atoms. The molecule has 1 aromatic rings. The van der Waals surface area contributed by atoms with Crippen molar-refractivity contribution in [3.8, 4) is 5.75 Å². The van der Waals surface area contributed by atoms with E-state index in [1.165, 1.54) is 5.56 Å². The molecule has 3 unspecified atom stereocenters. The zero-order valence-electron chi connectivity index (χ0n) is 13.1. The van der Waals surface area contributed by atoms with Crippen LogP contribution in [0.2, 0.25) is 0 Å². The van der Waals surface area contributed by atoms with Gasteiger partial charge in [-0.05, 0) is 39.2 Å². The van der Waals surface area contributed by atoms with E-state index in [2.05, 4.69) is 25.2 Å². The van der Waals surface area contributed by atoms with Crippen LogP contribution < -0.4 is 10.1 Å². The minimum Gasteiger partial charge on any atom is -0.496 e. The SMILES string of the molecule is COc1ccc(C)cc1C(C)NC1CCCC(C(=O)O)C1. The molecule has 0 aromatic heterocycles. The highest BCUT2D eigenvalue weighted by atomic mass is 16.5. The first-order valence-corrected chi connectivity index (χ1v) is 7.64. The third-order valence-electron chi connectivity index (χ3n) is 4.36. The van der Waals surface area contributed by atoms with Crippen LogP contribution in [0.5, 0.6) is 5.75 Å². The number of benzene rings is 1. The number of aryl methyl sites for hydroxylation is 1. The molecule has 2 rings (SSSR count). The number of aliphatic carboxylic acids is 1. The third-order valence-corrected chi connectivity index (χ3v) is 4.36. The molecule has 21 heavy (non-hydrogen) atoms. The van der Waals surface area contributed by atoms with E-state index in [-0.39, 0.29) is 18.0 Å². The highest BCUT2D eigenvalue weighted by Gasteiger charge is 2.28. The van der Waals surface area contributed by atoms with E-state index in [4.69, 9.17) is 4.74 Å². The van der Waals surface area contributed by atoms with Gasteiger partial charge in [0.2, 0.25) is 0 Å². The Morgan fingerprint density at radius 1 is 1.43 bits per heavy atom. The van der Waals surface area contributed by atoms with Crippen molar-refractivity contribution < 1.29 is 14.6 Å². The Labute approximate surface area is 126 Å². The number of hydrogen-bond acceptors (Lipinski definition) is 3. The average molecular weight is 291 g/mol. The molecule has 0 saturated heterocycles. The predicted octanol–water partition coefficient (Wildman–Crippen LogP) is 3.30. The molecular formula is C17H25NO3. The van der Waals surface area contributed by atoms with Gasteiger partial charge in [-0.2, -0.15) is 0 Å². The molecule has 3 atom stereocenters. The molecule has 1 fully saturated rings. The van der Waals surface area contributed by atoms with Crippen molar-refractivity contribution in [3.05, 3.63) is 29.3 Å². The summed E-state index contributed by atoms with van der Waals surface area (Å²) in [4.78, 5) is 11.2. The number of ether oxygens (including phenoxy) is 1. The minimum atomic E-state index is -0.665. The Bertz CT molecular complexity index is 501. The lowest BCUT2D eigenvalue weighted by molar-refractivity contribution is -0.143. The van der Waals surface area contributed by atoms with Crippen LogP contribution in [0.4, 0.5) is 0 Å². The highest BCUT2D eigenvalue weighted by Crippen LogP contribution is 2.30. The van der Waals surface area contributed by atoms with Gasteiger partial charge in [0.05, 0.1) is 13.0 Å². The lowest BCUT2D eigenvalue weighted by Crippen LogP contribution is -2.37. The number of hydrogen-bond donors (Lipinski definition) is 2. The van der Waals surface area contributed by atoms with Gasteiger partial charge in [0.25, 0.3) is 0 Å². The molecule has 116 valence electrons. The van der Waals surface area contributed by atoms with E-state index < -0.39 is 5.97 Å². The summed E-state index contributed by atoms with van der Waals surface area (Å²) < 4.78 is 5.44. The first-order valence-electron chi connectivity index (χ1n) is 7.64. The number of nitrogens with one attached hydrogen (secondary N) is 1. The summed E-state index contributed by atoms with van der Waals surface area (Å²) in [6.45, 7) is 4.18. The van der Waals surface area contributed by atoms with Crippen molar-refractivity contribution >= 4 is 5.97 Å². The van der Waals surface area contributed by atoms with E-state index in [1.807, 2.05) is 12.1 Å². The molecule has 2 N–H and O–H groups in total. The molecular weight excluding hydrogens is 266 g/mol. The van der Waals surface area contributed by atoms with Gasteiger partial charge in [0.1, 0.15) is 5.75 Å². The van der Waals surface area contributed by atoms with E-state index in [1.54, 1.807) is 7.11 Å². The van der Waals surface area contributed by atoms with Crippen LogP contribution in [-0.4, -0.2) is 24.2 Å². The second-order valence-corrected chi connectivity index (χ2v) is 6.03. The van der Waals surface area contributed by atoms with E-state index in [0.717, 1.165) is 30.6 Å². The third kappa shape index (κ3) is 3.97. The fourth-order valence-electron chi connectivity index (χ4n) is 3.20. The van der Waals surface area contributed by atoms with Crippen molar-refractivity contribution in [1.82, 2.24) is 5.32 Å². The molecule has 0 heterocycles. The average Bonchev–Trinajstić information content (AvgIpc) is 2.47. The summed E-state index contributed by atoms with van der Waals surface area (Å²) in [7, 11) is 1.68. The number of carbonyl (C=O) groups is 1. The second kappa shape index (κ2) is 6.94. The molecule has 1 aliphatic carbocycles. The Hall–Kier alpha value is -1.55. The molecule has 1 aromatic carbocycles. The Kier molecular flexibility index (Phi) is 5.23. The molecule has 4 heteroatoms. The van der Waals surface area contributed by atoms with Gasteiger partial charge >= 0.3 is 5.97 Å². The van der Waals surface area contributed by atoms with E-state index in [9.17, 15) is 9.90 Å². The summed E-state index contributed by atoms with van der Waals surface area (Å²) in [6, 6.07) is 6.57. The first kappa shape index (κ1) is 15.8. The second-order valence-electron chi connectivity index (χ2n) is 6.03.